The number of amides is 1. The topological polar surface area (TPSA) is 35.6 Å². The van der Waals surface area contributed by atoms with Gasteiger partial charge in [0.1, 0.15) is 0 Å². The van der Waals surface area contributed by atoms with Gasteiger partial charge in [0.15, 0.2) is 0 Å². The first kappa shape index (κ1) is 20.3. The standard InChI is InChI=1S/C24H31N3O/c28-24(14-16-25-15-13-23-10-5-2-6-11-23)27-20-18-26(19-21-27)17-7-12-22-8-3-1-4-9-22/h1-12,25H,13-21H2/b12-7+. The number of piperazine rings is 1. The van der Waals surface area contributed by atoms with Gasteiger partial charge in [0.25, 0.3) is 0 Å². The van der Waals surface area contributed by atoms with E-state index in [0.717, 1.165) is 52.2 Å². The number of nitrogens with one attached hydrogen (secondary N) is 1. The minimum atomic E-state index is 0.270. The summed E-state index contributed by atoms with van der Waals surface area (Å²) >= 11 is 0. The quantitative estimate of drug-likeness (QED) is 0.682. The van der Waals surface area contributed by atoms with Gasteiger partial charge < -0.3 is 10.2 Å². The zero-order valence-corrected chi connectivity index (χ0v) is 16.6. The van der Waals surface area contributed by atoms with E-state index in [9.17, 15) is 4.79 Å². The van der Waals surface area contributed by atoms with E-state index in [4.69, 9.17) is 0 Å². The van der Waals surface area contributed by atoms with Crippen molar-refractivity contribution < 1.29 is 4.79 Å². The number of nitrogens with zero attached hydrogens (tertiary/aromatic N) is 2. The summed E-state index contributed by atoms with van der Waals surface area (Å²) in [7, 11) is 0. The van der Waals surface area contributed by atoms with E-state index in [2.05, 4.69) is 70.9 Å². The molecule has 1 aliphatic heterocycles. The van der Waals surface area contributed by atoms with Crippen molar-refractivity contribution in [1.29, 1.82) is 0 Å². The van der Waals surface area contributed by atoms with E-state index in [-0.39, 0.29) is 5.91 Å². The molecule has 1 aliphatic rings. The lowest BCUT2D eigenvalue weighted by molar-refractivity contribution is -0.132. The zero-order chi connectivity index (χ0) is 19.4. The summed E-state index contributed by atoms with van der Waals surface area (Å²) in [4.78, 5) is 16.8. The van der Waals surface area contributed by atoms with Crippen molar-refractivity contribution in [3.05, 3.63) is 77.9 Å². The molecule has 0 aliphatic carbocycles. The molecule has 2 aromatic rings. The van der Waals surface area contributed by atoms with Crippen molar-refractivity contribution in [2.45, 2.75) is 12.8 Å². The first-order chi connectivity index (χ1) is 13.8. The Morgan fingerprint density at radius 3 is 2.29 bits per heavy atom. The van der Waals surface area contributed by atoms with Gasteiger partial charge in [-0.25, -0.2) is 0 Å². The van der Waals surface area contributed by atoms with E-state index in [1.165, 1.54) is 11.1 Å². The van der Waals surface area contributed by atoms with Gasteiger partial charge in [-0.05, 0) is 24.1 Å². The fourth-order valence-corrected chi connectivity index (χ4v) is 3.44. The minimum Gasteiger partial charge on any atom is -0.340 e. The average molecular weight is 378 g/mol. The van der Waals surface area contributed by atoms with Crippen LogP contribution in [0.3, 0.4) is 0 Å². The highest BCUT2D eigenvalue weighted by molar-refractivity contribution is 5.76. The first-order valence-corrected chi connectivity index (χ1v) is 10.3. The monoisotopic (exact) mass is 377 g/mol. The Labute approximate surface area is 168 Å². The Balaban J connectivity index is 1.27. The molecule has 2 aromatic carbocycles. The molecule has 0 bridgehead atoms. The van der Waals surface area contributed by atoms with E-state index in [0.29, 0.717) is 6.42 Å². The van der Waals surface area contributed by atoms with E-state index < -0.39 is 0 Å². The second-order valence-electron chi connectivity index (χ2n) is 7.23. The van der Waals surface area contributed by atoms with Gasteiger partial charge in [-0.1, -0.05) is 72.8 Å². The second kappa shape index (κ2) is 11.4. The lowest BCUT2D eigenvalue weighted by Gasteiger charge is -2.34. The molecular weight excluding hydrogens is 346 g/mol. The number of carbonyl (C=O) groups is 1. The summed E-state index contributed by atoms with van der Waals surface area (Å²) in [5.74, 6) is 0.270. The Morgan fingerprint density at radius 2 is 1.57 bits per heavy atom. The normalized spacial score (nSPS) is 15.2. The molecule has 148 valence electrons. The van der Waals surface area contributed by atoms with Crippen LogP contribution in [-0.2, 0) is 11.2 Å². The highest BCUT2D eigenvalue weighted by Crippen LogP contribution is 2.06. The van der Waals surface area contributed by atoms with Gasteiger partial charge in [-0.3, -0.25) is 9.69 Å². The number of rotatable bonds is 9. The summed E-state index contributed by atoms with van der Waals surface area (Å²) in [6, 6.07) is 20.8. The third-order valence-corrected chi connectivity index (χ3v) is 5.15. The molecule has 0 radical (unpaired) electrons. The van der Waals surface area contributed by atoms with Gasteiger partial charge in [0.05, 0.1) is 0 Å². The molecule has 4 heteroatoms. The maximum atomic E-state index is 12.4. The van der Waals surface area contributed by atoms with Crippen molar-refractivity contribution in [3.63, 3.8) is 0 Å². The summed E-state index contributed by atoms with van der Waals surface area (Å²) < 4.78 is 0. The maximum absolute atomic E-state index is 12.4. The van der Waals surface area contributed by atoms with Crippen LogP contribution in [0.1, 0.15) is 17.5 Å². The molecule has 0 unspecified atom stereocenters. The molecule has 0 saturated carbocycles. The average Bonchev–Trinajstić information content (AvgIpc) is 2.75. The van der Waals surface area contributed by atoms with Crippen LogP contribution in [-0.4, -0.2) is 61.5 Å². The van der Waals surface area contributed by atoms with Crippen molar-refractivity contribution in [3.8, 4) is 0 Å². The third-order valence-electron chi connectivity index (χ3n) is 5.15. The van der Waals surface area contributed by atoms with Gasteiger partial charge in [-0.2, -0.15) is 0 Å². The Hall–Kier alpha value is -2.43. The summed E-state index contributed by atoms with van der Waals surface area (Å²) in [6.07, 6.45) is 5.97. The largest absolute Gasteiger partial charge is 0.340 e. The van der Waals surface area contributed by atoms with Crippen LogP contribution in [0.2, 0.25) is 0 Å². The number of hydrogen-bond acceptors (Lipinski definition) is 3. The van der Waals surface area contributed by atoms with E-state index >= 15 is 0 Å². The van der Waals surface area contributed by atoms with Gasteiger partial charge >= 0.3 is 0 Å². The molecule has 0 atom stereocenters. The molecule has 28 heavy (non-hydrogen) atoms. The fraction of sp³-hybridized carbons (Fsp3) is 0.375. The summed E-state index contributed by atoms with van der Waals surface area (Å²) in [6.45, 7) is 6.19. The van der Waals surface area contributed by atoms with Gasteiger partial charge in [-0.15, -0.1) is 0 Å². The minimum absolute atomic E-state index is 0.270. The summed E-state index contributed by atoms with van der Waals surface area (Å²) in [5, 5.41) is 3.39. The van der Waals surface area contributed by atoms with Crippen LogP contribution < -0.4 is 5.32 Å². The Bertz CT molecular complexity index is 722. The van der Waals surface area contributed by atoms with Crippen LogP contribution in [0.15, 0.2) is 66.7 Å². The number of carbonyl (C=O) groups excluding carboxylic acids is 1. The lowest BCUT2D eigenvalue weighted by atomic mass is 10.1. The van der Waals surface area contributed by atoms with Crippen LogP contribution in [0.5, 0.6) is 0 Å². The van der Waals surface area contributed by atoms with Crippen molar-refractivity contribution in [2.75, 3.05) is 45.8 Å². The second-order valence-corrected chi connectivity index (χ2v) is 7.23. The third kappa shape index (κ3) is 6.95. The zero-order valence-electron chi connectivity index (χ0n) is 16.6. The first-order valence-electron chi connectivity index (χ1n) is 10.3. The smallest absolute Gasteiger partial charge is 0.223 e. The molecular formula is C24H31N3O. The predicted octanol–water partition coefficient (Wildman–Crippen LogP) is 3.07. The number of hydrogen-bond donors (Lipinski definition) is 1. The fourth-order valence-electron chi connectivity index (χ4n) is 3.44. The van der Waals surface area contributed by atoms with Crippen LogP contribution in [0.4, 0.5) is 0 Å². The molecule has 1 amide bonds. The Morgan fingerprint density at radius 1 is 0.893 bits per heavy atom. The van der Waals surface area contributed by atoms with Crippen molar-refractivity contribution in [2.24, 2.45) is 0 Å². The van der Waals surface area contributed by atoms with Crippen molar-refractivity contribution >= 4 is 12.0 Å². The predicted molar refractivity (Wildman–Crippen MR) is 116 cm³/mol. The highest BCUT2D eigenvalue weighted by atomic mass is 16.2. The maximum Gasteiger partial charge on any atom is 0.223 e. The SMILES string of the molecule is O=C(CCNCCc1ccccc1)N1CCN(C/C=C/c2ccccc2)CC1. The number of benzene rings is 2. The lowest BCUT2D eigenvalue weighted by Crippen LogP contribution is -2.49. The molecule has 4 nitrogen and oxygen atoms in total. The molecule has 3 rings (SSSR count). The molecule has 1 N–H and O–H groups in total. The summed E-state index contributed by atoms with van der Waals surface area (Å²) in [5.41, 5.74) is 2.56. The van der Waals surface area contributed by atoms with E-state index in [1.54, 1.807) is 0 Å². The molecule has 1 heterocycles. The van der Waals surface area contributed by atoms with Crippen molar-refractivity contribution in [1.82, 2.24) is 15.1 Å². The van der Waals surface area contributed by atoms with Gasteiger partial charge in [0, 0.05) is 45.7 Å². The van der Waals surface area contributed by atoms with Crippen LogP contribution in [0, 0.1) is 0 Å². The molecule has 1 saturated heterocycles. The highest BCUT2D eigenvalue weighted by Gasteiger charge is 2.19. The van der Waals surface area contributed by atoms with Crippen LogP contribution in [0.25, 0.3) is 6.08 Å². The molecule has 0 spiro atoms. The van der Waals surface area contributed by atoms with E-state index in [1.807, 2.05) is 17.0 Å². The molecule has 0 aromatic heterocycles. The molecule has 1 fully saturated rings. The Kier molecular flexibility index (Phi) is 8.28. The van der Waals surface area contributed by atoms with Crippen LogP contribution >= 0.6 is 0 Å². The van der Waals surface area contributed by atoms with Gasteiger partial charge in [0.2, 0.25) is 5.91 Å².